The second-order valence-corrected chi connectivity index (χ2v) is 8.05. The summed E-state index contributed by atoms with van der Waals surface area (Å²) in [5, 5.41) is 5.27. The van der Waals surface area contributed by atoms with Gasteiger partial charge in [-0.25, -0.2) is 0 Å². The van der Waals surface area contributed by atoms with Crippen molar-refractivity contribution in [2.24, 2.45) is 0 Å². The molecule has 0 bridgehead atoms. The molecule has 3 aromatic rings. The number of rotatable bonds is 8. The van der Waals surface area contributed by atoms with Gasteiger partial charge in [-0.15, -0.1) is 0 Å². The van der Waals surface area contributed by atoms with E-state index in [1.807, 2.05) is 42.5 Å². The van der Waals surface area contributed by atoms with Crippen LogP contribution in [0.3, 0.4) is 0 Å². The highest BCUT2D eigenvalue weighted by atomic mass is 16.5. The van der Waals surface area contributed by atoms with Crippen molar-refractivity contribution < 1.29 is 9.53 Å². The van der Waals surface area contributed by atoms with E-state index in [-0.39, 0.29) is 12.5 Å². The molecule has 1 aliphatic rings. The summed E-state index contributed by atoms with van der Waals surface area (Å²) < 4.78 is 5.71. The quantitative estimate of drug-likeness (QED) is 0.607. The van der Waals surface area contributed by atoms with Crippen LogP contribution < -0.4 is 10.1 Å². The van der Waals surface area contributed by atoms with Crippen molar-refractivity contribution in [3.63, 3.8) is 0 Å². The number of hydrogen-bond donors (Lipinski definition) is 1. The number of ether oxygens (including phenoxy) is 1. The fourth-order valence-corrected chi connectivity index (χ4v) is 4.04. The van der Waals surface area contributed by atoms with Gasteiger partial charge in [0.25, 0.3) is 5.91 Å². The second-order valence-electron chi connectivity index (χ2n) is 8.05. The van der Waals surface area contributed by atoms with E-state index in [2.05, 4.69) is 46.3 Å². The molecule has 1 amide bonds. The summed E-state index contributed by atoms with van der Waals surface area (Å²) in [4.78, 5) is 17.4. The van der Waals surface area contributed by atoms with Gasteiger partial charge in [-0.05, 0) is 40.6 Å². The van der Waals surface area contributed by atoms with Crippen LogP contribution in [-0.4, -0.2) is 55.0 Å². The highest BCUT2D eigenvalue weighted by molar-refractivity contribution is 5.84. The largest absolute Gasteiger partial charge is 0.484 e. The van der Waals surface area contributed by atoms with Crippen LogP contribution in [-0.2, 0) is 17.9 Å². The van der Waals surface area contributed by atoms with Gasteiger partial charge < -0.3 is 15.0 Å². The minimum absolute atomic E-state index is 0.0134. The topological polar surface area (TPSA) is 44.8 Å². The molecule has 1 heterocycles. The van der Waals surface area contributed by atoms with Crippen LogP contribution in [0.1, 0.15) is 18.1 Å². The summed E-state index contributed by atoms with van der Waals surface area (Å²) in [5.41, 5.74) is 2.45. The zero-order valence-corrected chi connectivity index (χ0v) is 18.2. The Bertz CT molecular complexity index is 1010. The first-order valence-corrected chi connectivity index (χ1v) is 11.1. The summed E-state index contributed by atoms with van der Waals surface area (Å²) in [6.45, 7) is 9.24. The Hall–Kier alpha value is -2.89. The summed E-state index contributed by atoms with van der Waals surface area (Å²) in [7, 11) is 0. The monoisotopic (exact) mass is 417 g/mol. The van der Waals surface area contributed by atoms with Crippen LogP contribution in [0.2, 0.25) is 0 Å². The van der Waals surface area contributed by atoms with E-state index in [4.69, 9.17) is 4.74 Å². The molecule has 1 aliphatic heterocycles. The Morgan fingerprint density at radius 3 is 2.32 bits per heavy atom. The molecule has 0 radical (unpaired) electrons. The smallest absolute Gasteiger partial charge is 0.258 e. The van der Waals surface area contributed by atoms with E-state index in [0.29, 0.717) is 12.3 Å². The van der Waals surface area contributed by atoms with Crippen molar-refractivity contribution in [1.82, 2.24) is 15.1 Å². The average Bonchev–Trinajstić information content (AvgIpc) is 2.82. The van der Waals surface area contributed by atoms with Gasteiger partial charge in [0, 0.05) is 39.3 Å². The molecular weight excluding hydrogens is 386 g/mol. The van der Waals surface area contributed by atoms with Crippen LogP contribution in [0.15, 0.2) is 66.7 Å². The molecule has 0 atom stereocenters. The summed E-state index contributed by atoms with van der Waals surface area (Å²) in [6, 6.07) is 22.4. The fraction of sp³-hybridized carbons (Fsp3) is 0.346. The zero-order valence-electron chi connectivity index (χ0n) is 18.2. The normalized spacial score (nSPS) is 15.1. The Kier molecular flexibility index (Phi) is 7.18. The first-order valence-electron chi connectivity index (χ1n) is 11.1. The molecule has 0 spiro atoms. The maximum absolute atomic E-state index is 12.4. The van der Waals surface area contributed by atoms with Crippen LogP contribution in [0.4, 0.5) is 0 Å². The van der Waals surface area contributed by atoms with Gasteiger partial charge in [0.1, 0.15) is 5.75 Å². The number of nitrogens with zero attached hydrogens (tertiary/aromatic N) is 2. The third-order valence-electron chi connectivity index (χ3n) is 5.99. The van der Waals surface area contributed by atoms with Gasteiger partial charge in [-0.1, -0.05) is 61.5 Å². The molecule has 162 valence electrons. The number of carbonyl (C=O) groups is 1. The molecule has 1 N–H and O–H groups in total. The van der Waals surface area contributed by atoms with Crippen LogP contribution >= 0.6 is 0 Å². The minimum atomic E-state index is -0.112. The summed E-state index contributed by atoms with van der Waals surface area (Å²) in [5.74, 6) is 0.597. The number of hydrogen-bond acceptors (Lipinski definition) is 4. The van der Waals surface area contributed by atoms with E-state index in [1.165, 1.54) is 11.1 Å². The maximum Gasteiger partial charge on any atom is 0.258 e. The van der Waals surface area contributed by atoms with Gasteiger partial charge >= 0.3 is 0 Å². The molecule has 1 saturated heterocycles. The zero-order chi connectivity index (χ0) is 21.5. The van der Waals surface area contributed by atoms with Crippen LogP contribution in [0.5, 0.6) is 5.75 Å². The van der Waals surface area contributed by atoms with Crippen LogP contribution in [0, 0.1) is 0 Å². The molecule has 5 nitrogen and oxygen atoms in total. The third kappa shape index (κ3) is 5.84. The molecule has 0 unspecified atom stereocenters. The number of benzene rings is 3. The molecule has 0 aromatic heterocycles. The Morgan fingerprint density at radius 2 is 1.55 bits per heavy atom. The highest BCUT2D eigenvalue weighted by Gasteiger charge is 2.16. The van der Waals surface area contributed by atoms with Crippen LogP contribution in [0.25, 0.3) is 10.8 Å². The van der Waals surface area contributed by atoms with E-state index in [0.717, 1.165) is 50.0 Å². The molecule has 0 saturated carbocycles. The average molecular weight is 418 g/mol. The Morgan fingerprint density at radius 1 is 0.871 bits per heavy atom. The lowest BCUT2D eigenvalue weighted by Gasteiger charge is -2.34. The summed E-state index contributed by atoms with van der Waals surface area (Å²) in [6.07, 6.45) is 0. The van der Waals surface area contributed by atoms with Crippen molar-refractivity contribution in [1.29, 1.82) is 0 Å². The third-order valence-corrected chi connectivity index (χ3v) is 5.99. The maximum atomic E-state index is 12.4. The Balaban J connectivity index is 1.28. The number of fused-ring (bicyclic) bond motifs is 1. The van der Waals surface area contributed by atoms with E-state index in [1.54, 1.807) is 0 Å². The van der Waals surface area contributed by atoms with Crippen molar-refractivity contribution in [2.45, 2.75) is 20.0 Å². The first kappa shape index (κ1) is 21.3. The van der Waals surface area contributed by atoms with Gasteiger partial charge in [0.2, 0.25) is 0 Å². The molecular formula is C26H31N3O2. The minimum Gasteiger partial charge on any atom is -0.484 e. The standard InChI is InChI=1S/C26H31N3O2/c1-2-28-13-15-29(16-14-28)19-24-10-6-5-9-23(24)18-27-26(30)20-31-25-12-11-21-7-3-4-8-22(21)17-25/h3-12,17H,2,13-16,18-20H2,1H3,(H,27,30). The van der Waals surface area contributed by atoms with Crippen molar-refractivity contribution in [3.05, 3.63) is 77.9 Å². The number of carbonyl (C=O) groups excluding carboxylic acids is 1. The highest BCUT2D eigenvalue weighted by Crippen LogP contribution is 2.20. The molecule has 31 heavy (non-hydrogen) atoms. The van der Waals surface area contributed by atoms with Gasteiger partial charge in [-0.3, -0.25) is 9.69 Å². The lowest BCUT2D eigenvalue weighted by Crippen LogP contribution is -2.45. The summed E-state index contributed by atoms with van der Waals surface area (Å²) >= 11 is 0. The first-order chi connectivity index (χ1) is 15.2. The molecule has 5 heteroatoms. The molecule has 1 fully saturated rings. The van der Waals surface area contributed by atoms with Gasteiger partial charge in [0.15, 0.2) is 6.61 Å². The van der Waals surface area contributed by atoms with Gasteiger partial charge in [0.05, 0.1) is 0 Å². The van der Waals surface area contributed by atoms with Crippen molar-refractivity contribution in [3.8, 4) is 5.75 Å². The molecule has 0 aliphatic carbocycles. The van der Waals surface area contributed by atoms with Gasteiger partial charge in [-0.2, -0.15) is 0 Å². The number of piperazine rings is 1. The van der Waals surface area contributed by atoms with E-state index in [9.17, 15) is 4.79 Å². The predicted molar refractivity (Wildman–Crippen MR) is 125 cm³/mol. The van der Waals surface area contributed by atoms with E-state index < -0.39 is 0 Å². The second kappa shape index (κ2) is 10.4. The van der Waals surface area contributed by atoms with Crippen molar-refractivity contribution >= 4 is 16.7 Å². The van der Waals surface area contributed by atoms with Crippen molar-refractivity contribution in [2.75, 3.05) is 39.3 Å². The molecule has 3 aromatic carbocycles. The predicted octanol–water partition coefficient (Wildman–Crippen LogP) is 3.67. The molecule has 4 rings (SSSR count). The lowest BCUT2D eigenvalue weighted by molar-refractivity contribution is -0.123. The number of amides is 1. The lowest BCUT2D eigenvalue weighted by atomic mass is 10.1. The fourth-order valence-electron chi connectivity index (χ4n) is 4.04. The SMILES string of the molecule is CCN1CCN(Cc2ccccc2CNC(=O)COc2ccc3ccccc3c2)CC1. The Labute approximate surface area is 184 Å². The number of likely N-dealkylation sites (N-methyl/N-ethyl adjacent to an activating group) is 1. The van der Waals surface area contributed by atoms with E-state index >= 15 is 0 Å². The number of nitrogens with one attached hydrogen (secondary N) is 1.